The van der Waals surface area contributed by atoms with Crippen molar-refractivity contribution in [2.24, 2.45) is 5.92 Å². The third-order valence-electron chi connectivity index (χ3n) is 6.76. The summed E-state index contributed by atoms with van der Waals surface area (Å²) >= 11 is 0. The second-order valence-electron chi connectivity index (χ2n) is 11.1. The van der Waals surface area contributed by atoms with Crippen molar-refractivity contribution in [1.29, 1.82) is 0 Å². The predicted molar refractivity (Wildman–Crippen MR) is 152 cm³/mol. The lowest BCUT2D eigenvalue weighted by Crippen LogP contribution is -2.35. The van der Waals surface area contributed by atoms with Crippen LogP contribution in [0.5, 0.6) is 5.75 Å². The smallest absolute Gasteiger partial charge is 0.337 e. The van der Waals surface area contributed by atoms with Gasteiger partial charge in [-0.25, -0.2) is 14.8 Å². The van der Waals surface area contributed by atoms with E-state index in [2.05, 4.69) is 25.2 Å². The van der Waals surface area contributed by atoms with Gasteiger partial charge in [0.15, 0.2) is 11.4 Å². The molecule has 0 bridgehead atoms. The average molecular weight is 562 g/mol. The topological polar surface area (TPSA) is 155 Å². The Labute approximate surface area is 238 Å². The van der Waals surface area contributed by atoms with E-state index in [4.69, 9.17) is 9.84 Å². The van der Waals surface area contributed by atoms with E-state index in [0.29, 0.717) is 29.6 Å². The number of nitrogens with zero attached hydrogens (tertiary/aromatic N) is 4. The molecule has 216 valence electrons. The number of ether oxygens (including phenoxy) is 1. The molecule has 0 saturated carbocycles. The molecule has 1 fully saturated rings. The number of esters is 1. The lowest BCUT2D eigenvalue weighted by Gasteiger charge is -2.33. The Morgan fingerprint density at radius 3 is 2.32 bits per heavy atom. The van der Waals surface area contributed by atoms with Gasteiger partial charge in [-0.05, 0) is 70.7 Å². The van der Waals surface area contributed by atoms with Gasteiger partial charge in [-0.3, -0.25) is 14.6 Å². The number of aromatic carboxylic acids is 1. The van der Waals surface area contributed by atoms with Crippen LogP contribution in [0.2, 0.25) is 0 Å². The number of rotatable bonds is 8. The van der Waals surface area contributed by atoms with Crippen molar-refractivity contribution < 1.29 is 29.3 Å². The molecule has 11 heteroatoms. The van der Waals surface area contributed by atoms with Crippen molar-refractivity contribution >= 4 is 23.5 Å². The highest BCUT2D eigenvalue weighted by Gasteiger charge is 2.24. The summed E-state index contributed by atoms with van der Waals surface area (Å²) in [6.45, 7) is 8.19. The molecule has 0 unspecified atom stereocenters. The van der Waals surface area contributed by atoms with E-state index in [1.54, 1.807) is 39.8 Å². The minimum atomic E-state index is -1.00. The highest BCUT2D eigenvalue weighted by molar-refractivity contribution is 5.96. The number of anilines is 1. The fourth-order valence-electron chi connectivity index (χ4n) is 4.68. The van der Waals surface area contributed by atoms with Crippen LogP contribution in [0.15, 0.2) is 42.6 Å². The Morgan fingerprint density at radius 1 is 1.05 bits per heavy atom. The lowest BCUT2D eigenvalue weighted by atomic mass is 9.92. The van der Waals surface area contributed by atoms with Crippen molar-refractivity contribution in [3.8, 4) is 17.0 Å². The third kappa shape index (κ3) is 7.77. The zero-order valence-corrected chi connectivity index (χ0v) is 23.7. The summed E-state index contributed by atoms with van der Waals surface area (Å²) in [5, 5.41) is 21.9. The molecule has 1 aliphatic heterocycles. The Kier molecular flexibility index (Phi) is 8.85. The molecule has 1 amide bonds. The fourth-order valence-corrected chi connectivity index (χ4v) is 4.68. The predicted octanol–water partition coefficient (Wildman–Crippen LogP) is 3.78. The van der Waals surface area contributed by atoms with E-state index < -0.39 is 23.4 Å². The molecule has 0 spiro atoms. The molecule has 3 N–H and O–H groups in total. The molecule has 11 nitrogen and oxygen atoms in total. The van der Waals surface area contributed by atoms with E-state index in [1.807, 2.05) is 24.3 Å². The maximum Gasteiger partial charge on any atom is 0.337 e. The number of pyridine rings is 1. The van der Waals surface area contributed by atoms with Gasteiger partial charge in [0.1, 0.15) is 18.0 Å². The van der Waals surface area contributed by atoms with Gasteiger partial charge in [0.2, 0.25) is 0 Å². The first-order chi connectivity index (χ1) is 19.4. The number of nitrogens with one attached hydrogen (secondary N) is 1. The van der Waals surface area contributed by atoms with E-state index in [1.165, 1.54) is 6.20 Å². The summed E-state index contributed by atoms with van der Waals surface area (Å²) in [7, 11) is 0. The highest BCUT2D eigenvalue weighted by atomic mass is 16.6. The number of carbonyl (C=O) groups is 3. The molecule has 1 aliphatic rings. The quantitative estimate of drug-likeness (QED) is 0.346. The number of carbonyl (C=O) groups excluding carboxylic acids is 2. The molecule has 3 aromatic rings. The standard InChI is InChI=1S/C30H35N5O6/c1-18-27(37)26(28(38)32-17-25(36)41-30(2,3)4)34-24(33-18)15-19-11-13-35(14-12-19)22-8-5-20(6-9-22)23-10-7-21(16-31-23)29(39)40/h5-10,16,19,37H,11-15,17H2,1-4H3,(H,32,38)(H,39,40). The third-order valence-corrected chi connectivity index (χ3v) is 6.76. The van der Waals surface area contributed by atoms with Crippen LogP contribution in [0.4, 0.5) is 5.69 Å². The summed E-state index contributed by atoms with van der Waals surface area (Å²) in [6.07, 6.45) is 3.74. The zero-order chi connectivity index (χ0) is 29.7. The van der Waals surface area contributed by atoms with Crippen LogP contribution in [-0.4, -0.2) is 68.2 Å². The second-order valence-corrected chi connectivity index (χ2v) is 11.1. The van der Waals surface area contributed by atoms with Gasteiger partial charge in [-0.2, -0.15) is 0 Å². The number of hydrogen-bond acceptors (Lipinski definition) is 9. The van der Waals surface area contributed by atoms with Crippen LogP contribution in [0, 0.1) is 12.8 Å². The molecule has 3 heterocycles. The lowest BCUT2D eigenvalue weighted by molar-refractivity contribution is -0.153. The van der Waals surface area contributed by atoms with Gasteiger partial charge in [0.05, 0.1) is 17.0 Å². The Morgan fingerprint density at radius 2 is 1.73 bits per heavy atom. The molecular weight excluding hydrogens is 526 g/mol. The molecule has 1 saturated heterocycles. The Hall–Kier alpha value is -4.54. The van der Waals surface area contributed by atoms with Gasteiger partial charge in [0, 0.05) is 37.0 Å². The number of amides is 1. The van der Waals surface area contributed by atoms with E-state index in [-0.39, 0.29) is 23.6 Å². The summed E-state index contributed by atoms with van der Waals surface area (Å²) < 4.78 is 5.21. The number of benzene rings is 1. The zero-order valence-electron chi connectivity index (χ0n) is 23.7. The van der Waals surface area contributed by atoms with Crippen LogP contribution >= 0.6 is 0 Å². The maximum atomic E-state index is 12.7. The number of aromatic hydroxyl groups is 1. The van der Waals surface area contributed by atoms with Crippen molar-refractivity contribution in [3.63, 3.8) is 0 Å². The molecule has 2 aromatic heterocycles. The number of carboxylic acids is 1. The second kappa shape index (κ2) is 12.3. The fraction of sp³-hybridized carbons (Fsp3) is 0.400. The summed E-state index contributed by atoms with van der Waals surface area (Å²) in [5.41, 5.74) is 2.35. The first-order valence-corrected chi connectivity index (χ1v) is 13.5. The van der Waals surface area contributed by atoms with Gasteiger partial charge in [0.25, 0.3) is 5.91 Å². The van der Waals surface area contributed by atoms with E-state index >= 15 is 0 Å². The highest BCUT2D eigenvalue weighted by Crippen LogP contribution is 2.28. The first kappa shape index (κ1) is 29.4. The van der Waals surface area contributed by atoms with Crippen molar-refractivity contribution in [1.82, 2.24) is 20.3 Å². The largest absolute Gasteiger partial charge is 0.504 e. The Bertz CT molecular complexity index is 1410. The van der Waals surface area contributed by atoms with Gasteiger partial charge in [-0.1, -0.05) is 12.1 Å². The van der Waals surface area contributed by atoms with Crippen LogP contribution in [0.25, 0.3) is 11.3 Å². The van der Waals surface area contributed by atoms with Crippen LogP contribution in [0.3, 0.4) is 0 Å². The minimum Gasteiger partial charge on any atom is -0.504 e. The number of hydrogen-bond donors (Lipinski definition) is 3. The number of piperidine rings is 1. The summed E-state index contributed by atoms with van der Waals surface area (Å²) in [6, 6.07) is 11.3. The van der Waals surface area contributed by atoms with Gasteiger partial charge >= 0.3 is 11.9 Å². The molecular formula is C30H35N5O6. The molecule has 0 atom stereocenters. The van der Waals surface area contributed by atoms with Crippen molar-refractivity contribution in [2.45, 2.75) is 52.6 Å². The van der Waals surface area contributed by atoms with Crippen LogP contribution < -0.4 is 10.2 Å². The summed E-state index contributed by atoms with van der Waals surface area (Å²) in [4.78, 5) is 51.0. The maximum absolute atomic E-state index is 12.7. The number of aryl methyl sites for hydroxylation is 1. The molecule has 4 rings (SSSR count). The normalized spacial score (nSPS) is 14.0. The Balaban J connectivity index is 1.33. The SMILES string of the molecule is Cc1nc(CC2CCN(c3ccc(-c4ccc(C(=O)O)cn4)cc3)CC2)nc(C(=O)NCC(=O)OC(C)(C)C)c1O. The van der Waals surface area contributed by atoms with Crippen molar-refractivity contribution in [3.05, 3.63) is 65.4 Å². The van der Waals surface area contributed by atoms with E-state index in [0.717, 1.165) is 37.2 Å². The van der Waals surface area contributed by atoms with Gasteiger partial charge in [-0.15, -0.1) is 0 Å². The number of carboxylic acid groups (broad SMARTS) is 1. The summed E-state index contributed by atoms with van der Waals surface area (Å²) in [5.74, 6) is -1.76. The minimum absolute atomic E-state index is 0.152. The first-order valence-electron chi connectivity index (χ1n) is 13.5. The van der Waals surface area contributed by atoms with Gasteiger partial charge < -0.3 is 25.2 Å². The molecule has 41 heavy (non-hydrogen) atoms. The molecule has 0 radical (unpaired) electrons. The molecule has 1 aromatic carbocycles. The van der Waals surface area contributed by atoms with Crippen LogP contribution in [-0.2, 0) is 16.0 Å². The number of aromatic nitrogens is 3. The monoisotopic (exact) mass is 561 g/mol. The average Bonchev–Trinajstić information content (AvgIpc) is 2.93. The van der Waals surface area contributed by atoms with E-state index in [9.17, 15) is 19.5 Å². The van der Waals surface area contributed by atoms with Crippen LogP contribution in [0.1, 0.15) is 66.0 Å². The van der Waals surface area contributed by atoms with Crippen molar-refractivity contribution in [2.75, 3.05) is 24.5 Å². The molecule has 0 aliphatic carbocycles.